The number of benzene rings is 1. The number of esters is 2. The van der Waals surface area contributed by atoms with Gasteiger partial charge in [-0.2, -0.15) is 0 Å². The van der Waals surface area contributed by atoms with Crippen molar-refractivity contribution in [2.24, 2.45) is 0 Å². The second-order valence-electron chi connectivity index (χ2n) is 4.50. The molecule has 2 rings (SSSR count). The summed E-state index contributed by atoms with van der Waals surface area (Å²) in [7, 11) is 0. The van der Waals surface area contributed by atoms with Gasteiger partial charge in [-0.25, -0.2) is 9.59 Å². The molecule has 6 heteroatoms. The lowest BCUT2D eigenvalue weighted by atomic mass is 10.2. The Hall–Kier alpha value is -2.63. The molecule has 0 saturated carbocycles. The number of nitrogens with one attached hydrogen (secondary N) is 1. The Morgan fingerprint density at radius 2 is 2.05 bits per heavy atom. The zero-order valence-corrected chi connectivity index (χ0v) is 11.5. The van der Waals surface area contributed by atoms with Crippen LogP contribution in [-0.4, -0.2) is 30.6 Å². The maximum Gasteiger partial charge on any atom is 0.355 e. The Morgan fingerprint density at radius 1 is 1.33 bits per heavy atom. The van der Waals surface area contributed by atoms with Gasteiger partial charge in [0, 0.05) is 13.3 Å². The first kappa shape index (κ1) is 14.8. The van der Waals surface area contributed by atoms with E-state index in [1.807, 2.05) is 6.07 Å². The van der Waals surface area contributed by atoms with E-state index in [4.69, 9.17) is 9.47 Å². The quantitative estimate of drug-likeness (QED) is 0.661. The van der Waals surface area contributed by atoms with Crippen LogP contribution in [0.2, 0.25) is 0 Å². The van der Waals surface area contributed by atoms with Crippen molar-refractivity contribution in [1.82, 2.24) is 5.32 Å². The summed E-state index contributed by atoms with van der Waals surface area (Å²) in [5, 5.41) is 2.41. The third kappa shape index (κ3) is 4.17. The lowest BCUT2D eigenvalue weighted by Crippen LogP contribution is -2.30. The molecule has 0 radical (unpaired) electrons. The van der Waals surface area contributed by atoms with Gasteiger partial charge in [-0.3, -0.25) is 4.79 Å². The van der Waals surface area contributed by atoms with Crippen molar-refractivity contribution in [2.45, 2.75) is 19.4 Å². The van der Waals surface area contributed by atoms with Gasteiger partial charge in [0.15, 0.2) is 0 Å². The molecule has 1 fully saturated rings. The summed E-state index contributed by atoms with van der Waals surface area (Å²) in [6.07, 6.45) is 0.901. The molecular formula is C15H15NO5. The molecule has 1 aromatic carbocycles. The summed E-state index contributed by atoms with van der Waals surface area (Å²) in [5.41, 5.74) is 0.709. The van der Waals surface area contributed by atoms with Crippen molar-refractivity contribution in [3.05, 3.63) is 41.6 Å². The molecule has 1 amide bonds. The Bertz CT molecular complexity index is 579. The maximum absolute atomic E-state index is 12.1. The van der Waals surface area contributed by atoms with Crippen molar-refractivity contribution in [3.8, 4) is 0 Å². The van der Waals surface area contributed by atoms with Crippen molar-refractivity contribution < 1.29 is 23.9 Å². The maximum atomic E-state index is 12.1. The second-order valence-corrected chi connectivity index (χ2v) is 4.50. The van der Waals surface area contributed by atoms with Gasteiger partial charge in [-0.15, -0.1) is 0 Å². The number of rotatable bonds is 4. The number of hydrogen-bond donors (Lipinski definition) is 1. The number of hydrogen-bond acceptors (Lipinski definition) is 5. The van der Waals surface area contributed by atoms with Gasteiger partial charge >= 0.3 is 11.9 Å². The Morgan fingerprint density at radius 3 is 2.62 bits per heavy atom. The van der Waals surface area contributed by atoms with Gasteiger partial charge in [-0.1, -0.05) is 30.3 Å². The zero-order chi connectivity index (χ0) is 15.2. The average Bonchev–Trinajstić information content (AvgIpc) is 2.84. The van der Waals surface area contributed by atoms with Crippen LogP contribution in [-0.2, 0) is 23.9 Å². The van der Waals surface area contributed by atoms with Crippen molar-refractivity contribution in [3.63, 3.8) is 0 Å². The molecule has 1 heterocycles. The summed E-state index contributed by atoms with van der Waals surface area (Å²) in [5.74, 6) is -1.73. The molecule has 110 valence electrons. The van der Waals surface area contributed by atoms with Crippen LogP contribution in [0.5, 0.6) is 0 Å². The van der Waals surface area contributed by atoms with Crippen LogP contribution in [0.25, 0.3) is 6.08 Å². The standard InChI is InChI=1S/C15H15NO5/c1-10(17)16-12(9-11-5-3-2-4-6-11)14(18)21-13-7-8-20-15(13)19/h2-6,9,13H,7-8H2,1H3,(H,16,17)/t13-/m0/s1. The lowest BCUT2D eigenvalue weighted by Gasteiger charge is -2.11. The number of amides is 1. The average molecular weight is 289 g/mol. The first-order valence-electron chi connectivity index (χ1n) is 6.48. The van der Waals surface area contributed by atoms with Gasteiger partial charge in [0.2, 0.25) is 12.0 Å². The summed E-state index contributed by atoms with van der Waals surface area (Å²) < 4.78 is 9.78. The fourth-order valence-electron chi connectivity index (χ4n) is 1.83. The molecule has 0 aromatic heterocycles. The minimum Gasteiger partial charge on any atom is -0.463 e. The first-order chi connectivity index (χ1) is 10.1. The normalized spacial score (nSPS) is 18.0. The molecule has 0 unspecified atom stereocenters. The Labute approximate surface area is 121 Å². The molecule has 1 N–H and O–H groups in total. The lowest BCUT2D eigenvalue weighted by molar-refractivity contribution is -0.157. The molecule has 0 bridgehead atoms. The van der Waals surface area contributed by atoms with Gasteiger partial charge in [0.1, 0.15) is 5.70 Å². The fraction of sp³-hybridized carbons (Fsp3) is 0.267. The summed E-state index contributed by atoms with van der Waals surface area (Å²) in [6.45, 7) is 1.52. The van der Waals surface area contributed by atoms with Crippen LogP contribution < -0.4 is 5.32 Å². The van der Waals surface area contributed by atoms with E-state index in [0.717, 1.165) is 5.56 Å². The van der Waals surface area contributed by atoms with Crippen molar-refractivity contribution in [2.75, 3.05) is 6.61 Å². The zero-order valence-electron chi connectivity index (χ0n) is 11.5. The molecule has 21 heavy (non-hydrogen) atoms. The minimum atomic E-state index is -0.912. The molecule has 1 saturated heterocycles. The van der Waals surface area contributed by atoms with Gasteiger partial charge in [0.25, 0.3) is 0 Å². The highest BCUT2D eigenvalue weighted by Gasteiger charge is 2.31. The Kier molecular flexibility index (Phi) is 4.71. The van der Waals surface area contributed by atoms with Gasteiger partial charge in [0.05, 0.1) is 6.61 Å². The number of ether oxygens (including phenoxy) is 2. The molecule has 0 spiro atoms. The summed E-state index contributed by atoms with van der Waals surface area (Å²) >= 11 is 0. The highest BCUT2D eigenvalue weighted by molar-refractivity contribution is 5.98. The van der Waals surface area contributed by atoms with E-state index in [9.17, 15) is 14.4 Å². The van der Waals surface area contributed by atoms with E-state index in [-0.39, 0.29) is 12.3 Å². The van der Waals surface area contributed by atoms with E-state index >= 15 is 0 Å². The van der Waals surface area contributed by atoms with E-state index in [1.165, 1.54) is 13.0 Å². The van der Waals surface area contributed by atoms with Crippen molar-refractivity contribution >= 4 is 23.9 Å². The monoisotopic (exact) mass is 289 g/mol. The van der Waals surface area contributed by atoms with Crippen LogP contribution in [0.1, 0.15) is 18.9 Å². The molecular weight excluding hydrogens is 274 g/mol. The second kappa shape index (κ2) is 6.69. The van der Waals surface area contributed by atoms with Crippen LogP contribution in [0.3, 0.4) is 0 Å². The van der Waals surface area contributed by atoms with Crippen molar-refractivity contribution in [1.29, 1.82) is 0 Å². The van der Waals surface area contributed by atoms with Crippen LogP contribution >= 0.6 is 0 Å². The van der Waals surface area contributed by atoms with E-state index in [2.05, 4.69) is 5.32 Å². The molecule has 6 nitrogen and oxygen atoms in total. The predicted molar refractivity (Wildman–Crippen MR) is 73.7 cm³/mol. The molecule has 1 aliphatic rings. The Balaban J connectivity index is 2.15. The number of carbonyl (C=O) groups is 3. The SMILES string of the molecule is CC(=O)NC(=Cc1ccccc1)C(=O)O[C@H]1CCOC1=O. The fourth-order valence-corrected chi connectivity index (χ4v) is 1.83. The van der Waals surface area contributed by atoms with Crippen LogP contribution in [0.15, 0.2) is 36.0 Å². The first-order valence-corrected chi connectivity index (χ1v) is 6.48. The predicted octanol–water partition coefficient (Wildman–Crippen LogP) is 1.02. The molecule has 1 aromatic rings. The highest BCUT2D eigenvalue weighted by Crippen LogP contribution is 2.13. The smallest absolute Gasteiger partial charge is 0.355 e. The third-order valence-corrected chi connectivity index (χ3v) is 2.78. The molecule has 1 aliphatic heterocycles. The topological polar surface area (TPSA) is 81.7 Å². The largest absolute Gasteiger partial charge is 0.463 e. The number of carbonyl (C=O) groups excluding carboxylic acids is 3. The molecule has 0 aliphatic carbocycles. The highest BCUT2D eigenvalue weighted by atomic mass is 16.6. The van der Waals surface area contributed by atoms with Gasteiger partial charge < -0.3 is 14.8 Å². The van der Waals surface area contributed by atoms with E-state index in [1.54, 1.807) is 24.3 Å². The van der Waals surface area contributed by atoms with Gasteiger partial charge in [-0.05, 0) is 11.6 Å². The number of cyclic esters (lactones) is 1. The van der Waals surface area contributed by atoms with Crippen LogP contribution in [0.4, 0.5) is 0 Å². The van der Waals surface area contributed by atoms with E-state index in [0.29, 0.717) is 6.42 Å². The third-order valence-electron chi connectivity index (χ3n) is 2.78. The minimum absolute atomic E-state index is 0.0200. The van der Waals surface area contributed by atoms with Crippen LogP contribution in [0, 0.1) is 0 Å². The summed E-state index contributed by atoms with van der Waals surface area (Å²) in [6, 6.07) is 8.99. The summed E-state index contributed by atoms with van der Waals surface area (Å²) in [4.78, 5) is 34.6. The van der Waals surface area contributed by atoms with E-state index < -0.39 is 23.9 Å². The molecule has 1 atom stereocenters.